The SMILES string of the molecule is Cc1cc(C)c(C(=O)O)c(N(CCO)C2CCCC2)n1. The lowest BCUT2D eigenvalue weighted by molar-refractivity contribution is 0.0696. The van der Waals surface area contributed by atoms with E-state index in [1.165, 1.54) is 0 Å². The molecular weight excluding hydrogens is 256 g/mol. The minimum atomic E-state index is -0.953. The zero-order valence-corrected chi connectivity index (χ0v) is 12.1. The molecule has 1 aliphatic carbocycles. The molecule has 0 atom stereocenters. The normalized spacial score (nSPS) is 15.6. The number of anilines is 1. The fraction of sp³-hybridized carbons (Fsp3) is 0.600. The summed E-state index contributed by atoms with van der Waals surface area (Å²) in [5.74, 6) is -0.443. The van der Waals surface area contributed by atoms with Gasteiger partial charge in [0.05, 0.1) is 6.61 Å². The van der Waals surface area contributed by atoms with Crippen LogP contribution in [0.2, 0.25) is 0 Å². The number of carboxylic acids is 1. The van der Waals surface area contributed by atoms with E-state index in [-0.39, 0.29) is 18.2 Å². The average Bonchev–Trinajstić information content (AvgIpc) is 2.87. The fourth-order valence-corrected chi connectivity index (χ4v) is 3.07. The van der Waals surface area contributed by atoms with Gasteiger partial charge in [-0.3, -0.25) is 0 Å². The molecule has 0 radical (unpaired) electrons. The lowest BCUT2D eigenvalue weighted by Crippen LogP contribution is -2.37. The molecule has 0 bridgehead atoms. The first kappa shape index (κ1) is 14.8. The summed E-state index contributed by atoms with van der Waals surface area (Å²) >= 11 is 0. The van der Waals surface area contributed by atoms with Crippen LogP contribution < -0.4 is 4.90 Å². The maximum absolute atomic E-state index is 11.5. The molecule has 5 nitrogen and oxygen atoms in total. The second-order valence-electron chi connectivity index (χ2n) is 5.44. The van der Waals surface area contributed by atoms with E-state index in [4.69, 9.17) is 0 Å². The third-order valence-electron chi connectivity index (χ3n) is 3.92. The Bertz CT molecular complexity index is 496. The van der Waals surface area contributed by atoms with E-state index in [0.29, 0.717) is 12.4 Å². The lowest BCUT2D eigenvalue weighted by Gasteiger charge is -2.31. The molecule has 5 heteroatoms. The number of aliphatic hydroxyl groups excluding tert-OH is 1. The van der Waals surface area contributed by atoms with Gasteiger partial charge in [0.25, 0.3) is 0 Å². The predicted octanol–water partition coefficient (Wildman–Crippen LogP) is 2.14. The number of carboxylic acid groups (broad SMARTS) is 1. The summed E-state index contributed by atoms with van der Waals surface area (Å²) in [6.07, 6.45) is 4.38. The zero-order chi connectivity index (χ0) is 14.7. The van der Waals surface area contributed by atoms with Crippen LogP contribution in [0, 0.1) is 13.8 Å². The quantitative estimate of drug-likeness (QED) is 0.863. The van der Waals surface area contributed by atoms with Gasteiger partial charge in [-0.25, -0.2) is 9.78 Å². The fourth-order valence-electron chi connectivity index (χ4n) is 3.07. The number of hydrogen-bond acceptors (Lipinski definition) is 4. The molecule has 0 aliphatic heterocycles. The Labute approximate surface area is 119 Å². The number of carbonyl (C=O) groups is 1. The smallest absolute Gasteiger partial charge is 0.339 e. The number of aryl methyl sites for hydroxylation is 2. The average molecular weight is 278 g/mol. The number of aromatic carboxylic acids is 1. The van der Waals surface area contributed by atoms with Crippen molar-refractivity contribution in [2.24, 2.45) is 0 Å². The van der Waals surface area contributed by atoms with Crippen LogP contribution in [-0.4, -0.2) is 40.4 Å². The Morgan fingerprint density at radius 1 is 1.40 bits per heavy atom. The van der Waals surface area contributed by atoms with E-state index in [2.05, 4.69) is 4.98 Å². The molecule has 1 saturated carbocycles. The van der Waals surface area contributed by atoms with Crippen LogP contribution in [0.25, 0.3) is 0 Å². The molecule has 1 aromatic heterocycles. The van der Waals surface area contributed by atoms with Crippen molar-refractivity contribution in [3.63, 3.8) is 0 Å². The van der Waals surface area contributed by atoms with Gasteiger partial charge in [0, 0.05) is 18.3 Å². The molecule has 2 N–H and O–H groups in total. The molecule has 1 heterocycles. The molecule has 1 aromatic rings. The van der Waals surface area contributed by atoms with Crippen LogP contribution in [0.1, 0.15) is 47.3 Å². The molecule has 0 saturated heterocycles. The van der Waals surface area contributed by atoms with Crippen molar-refractivity contribution < 1.29 is 15.0 Å². The standard InChI is InChI=1S/C15H22N2O3/c1-10-9-11(2)16-14(13(10)15(19)20)17(7-8-18)12-5-3-4-6-12/h9,12,18H,3-8H2,1-2H3,(H,19,20). The Kier molecular flexibility index (Phi) is 4.60. The van der Waals surface area contributed by atoms with Crippen LogP contribution in [-0.2, 0) is 0 Å². The van der Waals surface area contributed by atoms with E-state index in [9.17, 15) is 15.0 Å². The van der Waals surface area contributed by atoms with Crippen LogP contribution in [0.5, 0.6) is 0 Å². The zero-order valence-electron chi connectivity index (χ0n) is 12.1. The van der Waals surface area contributed by atoms with Gasteiger partial charge in [-0.2, -0.15) is 0 Å². The predicted molar refractivity (Wildman–Crippen MR) is 77.4 cm³/mol. The molecule has 0 amide bonds. The number of pyridine rings is 1. The van der Waals surface area contributed by atoms with E-state index >= 15 is 0 Å². The summed E-state index contributed by atoms with van der Waals surface area (Å²) in [5.41, 5.74) is 1.79. The van der Waals surface area contributed by atoms with Gasteiger partial charge in [-0.15, -0.1) is 0 Å². The second-order valence-corrected chi connectivity index (χ2v) is 5.44. The minimum absolute atomic E-state index is 0.00420. The molecule has 0 spiro atoms. The monoisotopic (exact) mass is 278 g/mol. The van der Waals surface area contributed by atoms with Crippen LogP contribution in [0.15, 0.2) is 6.07 Å². The van der Waals surface area contributed by atoms with Crippen LogP contribution in [0.4, 0.5) is 5.82 Å². The first-order valence-electron chi connectivity index (χ1n) is 7.13. The summed E-state index contributed by atoms with van der Waals surface area (Å²) in [7, 11) is 0. The number of aliphatic hydroxyl groups is 1. The van der Waals surface area contributed by atoms with Gasteiger partial charge in [-0.05, 0) is 38.3 Å². The first-order chi connectivity index (χ1) is 9.54. The Morgan fingerprint density at radius 3 is 2.60 bits per heavy atom. The van der Waals surface area contributed by atoms with Crippen molar-refractivity contribution in [1.29, 1.82) is 0 Å². The third kappa shape index (κ3) is 2.93. The Balaban J connectivity index is 2.48. The summed E-state index contributed by atoms with van der Waals surface area (Å²) in [6, 6.07) is 2.08. The molecule has 0 aromatic carbocycles. The van der Waals surface area contributed by atoms with Gasteiger partial charge in [0.1, 0.15) is 11.4 Å². The van der Waals surface area contributed by atoms with E-state index < -0.39 is 5.97 Å². The van der Waals surface area contributed by atoms with Gasteiger partial charge >= 0.3 is 5.97 Å². The van der Waals surface area contributed by atoms with Crippen molar-refractivity contribution in [2.45, 2.75) is 45.6 Å². The topological polar surface area (TPSA) is 73.7 Å². The van der Waals surface area contributed by atoms with E-state index in [0.717, 1.165) is 36.9 Å². The number of nitrogens with zero attached hydrogens (tertiary/aromatic N) is 2. The number of rotatable bonds is 5. The highest BCUT2D eigenvalue weighted by molar-refractivity contribution is 5.95. The number of aromatic nitrogens is 1. The third-order valence-corrected chi connectivity index (χ3v) is 3.92. The van der Waals surface area contributed by atoms with Gasteiger partial charge in [0.15, 0.2) is 0 Å². The maximum atomic E-state index is 11.5. The second kappa shape index (κ2) is 6.22. The van der Waals surface area contributed by atoms with Crippen molar-refractivity contribution >= 4 is 11.8 Å². The molecule has 110 valence electrons. The molecule has 1 fully saturated rings. The Morgan fingerprint density at radius 2 is 2.05 bits per heavy atom. The highest BCUT2D eigenvalue weighted by Crippen LogP contribution is 2.30. The summed E-state index contributed by atoms with van der Waals surface area (Å²) < 4.78 is 0. The summed E-state index contributed by atoms with van der Waals surface area (Å²) in [6.45, 7) is 4.10. The largest absolute Gasteiger partial charge is 0.478 e. The summed E-state index contributed by atoms with van der Waals surface area (Å²) in [5, 5.41) is 18.8. The van der Waals surface area contributed by atoms with Gasteiger partial charge in [0.2, 0.25) is 0 Å². The molecule has 20 heavy (non-hydrogen) atoms. The summed E-state index contributed by atoms with van der Waals surface area (Å²) in [4.78, 5) is 18.0. The lowest BCUT2D eigenvalue weighted by atomic mass is 10.1. The highest BCUT2D eigenvalue weighted by Gasteiger charge is 2.28. The van der Waals surface area contributed by atoms with Crippen molar-refractivity contribution in [2.75, 3.05) is 18.1 Å². The molecule has 2 rings (SSSR count). The van der Waals surface area contributed by atoms with Crippen molar-refractivity contribution in [3.05, 3.63) is 22.9 Å². The highest BCUT2D eigenvalue weighted by atomic mass is 16.4. The van der Waals surface area contributed by atoms with Gasteiger partial charge < -0.3 is 15.1 Å². The van der Waals surface area contributed by atoms with E-state index in [1.807, 2.05) is 11.8 Å². The number of hydrogen-bond donors (Lipinski definition) is 2. The minimum Gasteiger partial charge on any atom is -0.478 e. The van der Waals surface area contributed by atoms with Crippen LogP contribution >= 0.6 is 0 Å². The van der Waals surface area contributed by atoms with E-state index in [1.54, 1.807) is 13.0 Å². The van der Waals surface area contributed by atoms with Crippen molar-refractivity contribution in [1.82, 2.24) is 4.98 Å². The first-order valence-corrected chi connectivity index (χ1v) is 7.13. The van der Waals surface area contributed by atoms with Crippen LogP contribution in [0.3, 0.4) is 0 Å². The molecular formula is C15H22N2O3. The van der Waals surface area contributed by atoms with Gasteiger partial charge in [-0.1, -0.05) is 12.8 Å². The molecule has 1 aliphatic rings. The Hall–Kier alpha value is -1.62. The van der Waals surface area contributed by atoms with Crippen molar-refractivity contribution in [3.8, 4) is 0 Å². The maximum Gasteiger partial charge on any atom is 0.339 e. The molecule has 0 unspecified atom stereocenters.